The maximum Gasteiger partial charge on any atom is 0.231 e. The number of benzene rings is 2. The molecule has 1 aromatic heterocycles. The number of rotatable bonds is 6. The van der Waals surface area contributed by atoms with Crippen molar-refractivity contribution in [1.29, 1.82) is 0 Å². The number of pyridine rings is 1. The van der Waals surface area contributed by atoms with Crippen LogP contribution in [-0.2, 0) is 0 Å². The third-order valence-electron chi connectivity index (χ3n) is 4.41. The highest BCUT2D eigenvalue weighted by Crippen LogP contribution is 2.34. The molecule has 0 N–H and O–H groups in total. The molecule has 1 aliphatic heterocycles. The van der Waals surface area contributed by atoms with Gasteiger partial charge in [0.2, 0.25) is 5.78 Å². The van der Waals surface area contributed by atoms with Crippen molar-refractivity contribution in [3.05, 3.63) is 89.4 Å². The van der Waals surface area contributed by atoms with Crippen LogP contribution in [0.15, 0.2) is 72.8 Å². The molecular weight excluding hydrogens is 370 g/mol. The predicted octanol–water partition coefficient (Wildman–Crippen LogP) is 3.97. The van der Waals surface area contributed by atoms with E-state index >= 15 is 0 Å². The van der Waals surface area contributed by atoms with E-state index in [0.29, 0.717) is 28.4 Å². The number of carbonyl (C=O) groups is 2. The molecular formula is C23H17NO5. The van der Waals surface area contributed by atoms with Gasteiger partial charge in [0, 0.05) is 24.0 Å². The second-order valence-electron chi connectivity index (χ2n) is 6.32. The number of hydrogen-bond acceptors (Lipinski definition) is 6. The van der Waals surface area contributed by atoms with Crippen molar-refractivity contribution < 1.29 is 23.8 Å². The molecule has 0 unspecified atom stereocenters. The fourth-order valence-corrected chi connectivity index (χ4v) is 2.88. The number of carbonyl (C=O) groups excluding carboxylic acids is 2. The summed E-state index contributed by atoms with van der Waals surface area (Å²) in [5.41, 5.74) is 1.75. The van der Waals surface area contributed by atoms with Gasteiger partial charge in [-0.1, -0.05) is 6.07 Å². The number of ether oxygens (including phenoxy) is 3. The summed E-state index contributed by atoms with van der Waals surface area (Å²) in [6.45, 7) is -0.128. The molecule has 0 saturated heterocycles. The third kappa shape index (κ3) is 4.01. The highest BCUT2D eigenvalue weighted by atomic mass is 16.5. The van der Waals surface area contributed by atoms with Crippen LogP contribution < -0.4 is 14.2 Å². The third-order valence-corrected chi connectivity index (χ3v) is 4.41. The molecule has 6 nitrogen and oxygen atoms in total. The molecule has 144 valence electrons. The maximum absolute atomic E-state index is 12.5. The van der Waals surface area contributed by atoms with Crippen LogP contribution in [0, 0.1) is 0 Å². The zero-order chi connectivity index (χ0) is 20.2. The molecule has 0 amide bonds. The highest BCUT2D eigenvalue weighted by Gasteiger charge is 2.27. The van der Waals surface area contributed by atoms with E-state index in [-0.39, 0.29) is 23.9 Å². The number of ketones is 2. The van der Waals surface area contributed by atoms with Gasteiger partial charge in [-0.25, -0.2) is 0 Å². The van der Waals surface area contributed by atoms with Gasteiger partial charge in [0.15, 0.2) is 18.1 Å². The van der Waals surface area contributed by atoms with E-state index in [1.54, 1.807) is 74.1 Å². The second kappa shape index (κ2) is 7.98. The van der Waals surface area contributed by atoms with E-state index in [1.807, 2.05) is 6.07 Å². The fraction of sp³-hybridized carbons (Fsp3) is 0.0870. The topological polar surface area (TPSA) is 74.7 Å². The molecule has 0 spiro atoms. The first-order valence-electron chi connectivity index (χ1n) is 8.92. The Morgan fingerprint density at radius 1 is 1.10 bits per heavy atom. The van der Waals surface area contributed by atoms with Crippen LogP contribution in [-0.4, -0.2) is 30.3 Å². The molecule has 6 heteroatoms. The van der Waals surface area contributed by atoms with Gasteiger partial charge in [0.25, 0.3) is 0 Å². The van der Waals surface area contributed by atoms with E-state index in [2.05, 4.69) is 4.98 Å². The van der Waals surface area contributed by atoms with E-state index in [4.69, 9.17) is 14.2 Å². The van der Waals surface area contributed by atoms with Gasteiger partial charge < -0.3 is 14.2 Å². The number of fused-ring (bicyclic) bond motifs is 1. The SMILES string of the molecule is COc1ccc(C(=O)COc2ccc3c(c2)OC(=Cc2cccnc2)C3=O)cc1. The molecule has 0 fully saturated rings. The predicted molar refractivity (Wildman–Crippen MR) is 106 cm³/mol. The number of aromatic nitrogens is 1. The van der Waals surface area contributed by atoms with Gasteiger partial charge in [-0.2, -0.15) is 0 Å². The zero-order valence-corrected chi connectivity index (χ0v) is 15.6. The summed E-state index contributed by atoms with van der Waals surface area (Å²) in [5.74, 6) is 1.38. The smallest absolute Gasteiger partial charge is 0.231 e. The van der Waals surface area contributed by atoms with Crippen LogP contribution >= 0.6 is 0 Å². The molecule has 2 aromatic carbocycles. The van der Waals surface area contributed by atoms with Crippen LogP contribution in [0.5, 0.6) is 17.2 Å². The summed E-state index contributed by atoms with van der Waals surface area (Å²) in [6, 6.07) is 15.3. The van der Waals surface area contributed by atoms with Crippen molar-refractivity contribution in [3.8, 4) is 17.2 Å². The first-order valence-corrected chi connectivity index (χ1v) is 8.92. The molecule has 1 aliphatic rings. The Morgan fingerprint density at radius 3 is 2.62 bits per heavy atom. The maximum atomic E-state index is 12.5. The Hall–Kier alpha value is -3.93. The molecule has 0 radical (unpaired) electrons. The Labute approximate surface area is 167 Å². The molecule has 2 heterocycles. The number of methoxy groups -OCH3 is 1. The summed E-state index contributed by atoms with van der Waals surface area (Å²) in [7, 11) is 1.57. The van der Waals surface area contributed by atoms with Crippen LogP contribution in [0.4, 0.5) is 0 Å². The Balaban J connectivity index is 1.44. The van der Waals surface area contributed by atoms with Gasteiger partial charge in [-0.15, -0.1) is 0 Å². The fourth-order valence-electron chi connectivity index (χ4n) is 2.88. The van der Waals surface area contributed by atoms with Crippen molar-refractivity contribution in [1.82, 2.24) is 4.98 Å². The summed E-state index contributed by atoms with van der Waals surface area (Å²) < 4.78 is 16.4. The summed E-state index contributed by atoms with van der Waals surface area (Å²) in [4.78, 5) is 28.8. The zero-order valence-electron chi connectivity index (χ0n) is 15.6. The van der Waals surface area contributed by atoms with Crippen molar-refractivity contribution in [2.24, 2.45) is 0 Å². The van der Waals surface area contributed by atoms with Crippen LogP contribution in [0.1, 0.15) is 26.3 Å². The molecule has 4 rings (SSSR count). The first-order chi connectivity index (χ1) is 14.1. The minimum atomic E-state index is -0.204. The molecule has 0 atom stereocenters. The van der Waals surface area contributed by atoms with E-state index < -0.39 is 0 Å². The summed E-state index contributed by atoms with van der Waals surface area (Å²) in [5, 5.41) is 0. The highest BCUT2D eigenvalue weighted by molar-refractivity contribution is 6.14. The standard InChI is InChI=1S/C23H17NO5/c1-27-17-6-4-16(5-7-17)20(25)14-28-18-8-9-19-21(12-18)29-22(23(19)26)11-15-3-2-10-24-13-15/h2-13H,14H2,1H3. The van der Waals surface area contributed by atoms with Crippen molar-refractivity contribution in [2.75, 3.05) is 13.7 Å². The lowest BCUT2D eigenvalue weighted by atomic mass is 10.1. The minimum Gasteiger partial charge on any atom is -0.497 e. The van der Waals surface area contributed by atoms with Crippen molar-refractivity contribution in [3.63, 3.8) is 0 Å². The molecule has 0 aliphatic carbocycles. The molecule has 0 bridgehead atoms. The minimum absolute atomic E-state index is 0.128. The average molecular weight is 387 g/mol. The largest absolute Gasteiger partial charge is 0.497 e. The van der Waals surface area contributed by atoms with Gasteiger partial charge >= 0.3 is 0 Å². The summed E-state index contributed by atoms with van der Waals surface area (Å²) in [6.07, 6.45) is 4.94. The lowest BCUT2D eigenvalue weighted by Crippen LogP contribution is -2.11. The Kier molecular flexibility index (Phi) is 5.07. The van der Waals surface area contributed by atoms with Gasteiger partial charge in [0.05, 0.1) is 12.7 Å². The number of allylic oxidation sites excluding steroid dienone is 1. The van der Waals surface area contributed by atoms with Crippen molar-refractivity contribution >= 4 is 17.6 Å². The Bertz CT molecular complexity index is 1090. The average Bonchev–Trinajstić information content (AvgIpc) is 3.07. The van der Waals surface area contributed by atoms with E-state index in [9.17, 15) is 9.59 Å². The van der Waals surface area contributed by atoms with Crippen LogP contribution in [0.2, 0.25) is 0 Å². The number of nitrogens with zero attached hydrogens (tertiary/aromatic N) is 1. The number of hydrogen-bond donors (Lipinski definition) is 0. The molecule has 3 aromatic rings. The lowest BCUT2D eigenvalue weighted by molar-refractivity contribution is 0.0921. The van der Waals surface area contributed by atoms with E-state index in [1.165, 1.54) is 0 Å². The number of Topliss-reactive ketones (excluding diaryl/α,β-unsaturated/α-hetero) is 2. The van der Waals surface area contributed by atoms with Crippen LogP contribution in [0.25, 0.3) is 6.08 Å². The Morgan fingerprint density at radius 2 is 1.90 bits per heavy atom. The summed E-state index contributed by atoms with van der Waals surface area (Å²) >= 11 is 0. The molecule has 0 saturated carbocycles. The van der Waals surface area contributed by atoms with E-state index in [0.717, 1.165) is 5.56 Å². The van der Waals surface area contributed by atoms with Gasteiger partial charge in [-0.05, 0) is 54.1 Å². The first kappa shape index (κ1) is 18.4. The van der Waals surface area contributed by atoms with Crippen molar-refractivity contribution in [2.45, 2.75) is 0 Å². The van der Waals surface area contributed by atoms with Gasteiger partial charge in [-0.3, -0.25) is 14.6 Å². The normalized spacial score (nSPS) is 13.7. The second-order valence-corrected chi connectivity index (χ2v) is 6.32. The van der Waals surface area contributed by atoms with Gasteiger partial charge in [0.1, 0.15) is 17.2 Å². The monoisotopic (exact) mass is 387 g/mol. The lowest BCUT2D eigenvalue weighted by Gasteiger charge is -2.07. The van der Waals surface area contributed by atoms with Crippen LogP contribution in [0.3, 0.4) is 0 Å². The molecule has 29 heavy (non-hydrogen) atoms. The quantitative estimate of drug-likeness (QED) is 0.471.